The number of carbonyl (C=O) groups excluding carboxylic acids is 2. The van der Waals surface area contributed by atoms with Crippen LogP contribution < -0.4 is 5.32 Å². The lowest BCUT2D eigenvalue weighted by Gasteiger charge is -2.33. The quantitative estimate of drug-likeness (QED) is 0.846. The fraction of sp³-hybridized carbons (Fsp3) is 0.867. The van der Waals surface area contributed by atoms with Gasteiger partial charge in [0.25, 0.3) is 0 Å². The zero-order chi connectivity index (χ0) is 14.5. The zero-order valence-corrected chi connectivity index (χ0v) is 12.6. The molecular formula is C15H26N2O3. The van der Waals surface area contributed by atoms with Crippen molar-refractivity contribution < 1.29 is 14.3 Å². The number of hydrogen-bond acceptors (Lipinski definition) is 3. The van der Waals surface area contributed by atoms with Gasteiger partial charge in [0.2, 0.25) is 11.8 Å². The van der Waals surface area contributed by atoms with Crippen molar-refractivity contribution in [3.8, 4) is 0 Å². The van der Waals surface area contributed by atoms with Crippen LogP contribution in [0.15, 0.2) is 0 Å². The van der Waals surface area contributed by atoms with E-state index in [1.165, 1.54) is 0 Å². The van der Waals surface area contributed by atoms with Crippen molar-refractivity contribution in [1.29, 1.82) is 0 Å². The van der Waals surface area contributed by atoms with E-state index in [1.807, 2.05) is 18.7 Å². The molecule has 1 N–H and O–H groups in total. The molecule has 2 aliphatic rings. The maximum Gasteiger partial charge on any atom is 0.245 e. The molecule has 2 aliphatic heterocycles. The lowest BCUT2D eigenvalue weighted by atomic mass is 9.98. The van der Waals surface area contributed by atoms with Gasteiger partial charge in [-0.25, -0.2) is 0 Å². The lowest BCUT2D eigenvalue weighted by Crippen LogP contribution is -2.48. The Morgan fingerprint density at radius 3 is 2.65 bits per heavy atom. The van der Waals surface area contributed by atoms with Crippen LogP contribution in [-0.2, 0) is 14.3 Å². The van der Waals surface area contributed by atoms with Gasteiger partial charge in [-0.3, -0.25) is 9.59 Å². The largest absolute Gasteiger partial charge is 0.381 e. The summed E-state index contributed by atoms with van der Waals surface area (Å²) in [7, 11) is 0. The van der Waals surface area contributed by atoms with E-state index in [0.717, 1.165) is 45.4 Å². The van der Waals surface area contributed by atoms with Crippen LogP contribution in [0.1, 0.15) is 46.0 Å². The molecule has 0 bridgehead atoms. The summed E-state index contributed by atoms with van der Waals surface area (Å²) in [6, 6.07) is -0.343. The summed E-state index contributed by atoms with van der Waals surface area (Å²) in [6.45, 7) is 6.35. The van der Waals surface area contributed by atoms with Gasteiger partial charge in [-0.1, -0.05) is 13.3 Å². The van der Waals surface area contributed by atoms with Crippen LogP contribution in [0, 0.1) is 5.92 Å². The second-order valence-corrected chi connectivity index (χ2v) is 6.01. The third-order valence-corrected chi connectivity index (χ3v) is 4.30. The summed E-state index contributed by atoms with van der Waals surface area (Å²) in [5.41, 5.74) is 0. The minimum atomic E-state index is -0.336. The summed E-state index contributed by atoms with van der Waals surface area (Å²) >= 11 is 0. The van der Waals surface area contributed by atoms with Crippen LogP contribution >= 0.6 is 0 Å². The van der Waals surface area contributed by atoms with Crippen LogP contribution in [0.25, 0.3) is 0 Å². The van der Waals surface area contributed by atoms with Crippen LogP contribution in [0.5, 0.6) is 0 Å². The number of ether oxygens (including phenoxy) is 1. The molecular weight excluding hydrogens is 256 g/mol. The second kappa shape index (κ2) is 7.07. The Bertz CT molecular complexity index is 353. The van der Waals surface area contributed by atoms with Gasteiger partial charge in [0.1, 0.15) is 6.04 Å². The average Bonchev–Trinajstić information content (AvgIpc) is 2.52. The zero-order valence-electron chi connectivity index (χ0n) is 12.6. The number of carbonyl (C=O) groups is 2. The molecule has 2 amide bonds. The normalized spacial score (nSPS) is 29.2. The molecule has 0 spiro atoms. The standard InChI is InChI=1S/C15H26N2O3/c1-3-4-13-15(19)17(11(2)9-14(18)16-13)10-12-5-7-20-8-6-12/h11-13H,3-10H2,1-2H3,(H,16,18). The number of rotatable bonds is 4. The van der Waals surface area contributed by atoms with Gasteiger partial charge >= 0.3 is 0 Å². The molecule has 2 saturated heterocycles. The predicted octanol–water partition coefficient (Wildman–Crippen LogP) is 1.32. The van der Waals surface area contributed by atoms with E-state index in [0.29, 0.717) is 12.3 Å². The number of hydrogen-bond donors (Lipinski definition) is 1. The Balaban J connectivity index is 2.05. The molecule has 2 rings (SSSR count). The molecule has 20 heavy (non-hydrogen) atoms. The first-order valence-corrected chi connectivity index (χ1v) is 7.79. The summed E-state index contributed by atoms with van der Waals surface area (Å²) < 4.78 is 5.37. The molecule has 0 aromatic rings. The number of amides is 2. The molecule has 2 heterocycles. The van der Waals surface area contributed by atoms with Gasteiger partial charge in [-0.05, 0) is 32.1 Å². The van der Waals surface area contributed by atoms with E-state index in [4.69, 9.17) is 4.74 Å². The predicted molar refractivity (Wildman–Crippen MR) is 76.2 cm³/mol. The first-order chi connectivity index (χ1) is 9.61. The SMILES string of the molecule is CCCC1NC(=O)CC(C)N(CC2CCOCC2)C1=O. The topological polar surface area (TPSA) is 58.6 Å². The first kappa shape index (κ1) is 15.3. The maximum absolute atomic E-state index is 12.6. The average molecular weight is 282 g/mol. The van der Waals surface area contributed by atoms with Gasteiger partial charge in [-0.2, -0.15) is 0 Å². The summed E-state index contributed by atoms with van der Waals surface area (Å²) in [5, 5.41) is 2.87. The third-order valence-electron chi connectivity index (χ3n) is 4.30. The van der Waals surface area contributed by atoms with Gasteiger partial charge in [-0.15, -0.1) is 0 Å². The Morgan fingerprint density at radius 1 is 1.30 bits per heavy atom. The van der Waals surface area contributed by atoms with Crippen molar-refractivity contribution in [3.05, 3.63) is 0 Å². The Hall–Kier alpha value is -1.10. The fourth-order valence-electron chi connectivity index (χ4n) is 3.07. The summed E-state index contributed by atoms with van der Waals surface area (Å²) in [4.78, 5) is 26.4. The highest BCUT2D eigenvalue weighted by Gasteiger charge is 2.34. The first-order valence-electron chi connectivity index (χ1n) is 7.79. The molecule has 5 nitrogen and oxygen atoms in total. The van der Waals surface area contributed by atoms with Crippen molar-refractivity contribution in [1.82, 2.24) is 10.2 Å². The van der Waals surface area contributed by atoms with Crippen LogP contribution in [0.3, 0.4) is 0 Å². The van der Waals surface area contributed by atoms with Gasteiger partial charge in [0.05, 0.1) is 0 Å². The minimum absolute atomic E-state index is 0.00113. The number of nitrogens with one attached hydrogen (secondary N) is 1. The molecule has 0 saturated carbocycles. The van der Waals surface area contributed by atoms with E-state index in [1.54, 1.807) is 0 Å². The molecule has 2 fully saturated rings. The van der Waals surface area contributed by atoms with Crippen LogP contribution in [-0.4, -0.2) is 48.6 Å². The summed E-state index contributed by atoms with van der Waals surface area (Å²) in [6.07, 6.45) is 4.06. The fourth-order valence-corrected chi connectivity index (χ4v) is 3.07. The van der Waals surface area contributed by atoms with E-state index in [2.05, 4.69) is 5.32 Å². The summed E-state index contributed by atoms with van der Waals surface area (Å²) in [5.74, 6) is 0.598. The second-order valence-electron chi connectivity index (χ2n) is 6.01. The van der Waals surface area contributed by atoms with Gasteiger partial charge in [0.15, 0.2) is 0 Å². The Kier molecular flexibility index (Phi) is 5.40. The smallest absolute Gasteiger partial charge is 0.245 e. The molecule has 5 heteroatoms. The molecule has 114 valence electrons. The van der Waals surface area contributed by atoms with E-state index >= 15 is 0 Å². The maximum atomic E-state index is 12.6. The van der Waals surface area contributed by atoms with E-state index < -0.39 is 0 Å². The van der Waals surface area contributed by atoms with Crippen molar-refractivity contribution in [2.24, 2.45) is 5.92 Å². The highest BCUT2D eigenvalue weighted by Crippen LogP contribution is 2.21. The Labute approximate surface area is 121 Å². The van der Waals surface area contributed by atoms with Crippen LogP contribution in [0.4, 0.5) is 0 Å². The molecule has 0 radical (unpaired) electrons. The van der Waals surface area contributed by atoms with Crippen molar-refractivity contribution in [2.45, 2.75) is 58.0 Å². The minimum Gasteiger partial charge on any atom is -0.381 e. The number of nitrogens with zero attached hydrogens (tertiary/aromatic N) is 1. The van der Waals surface area contributed by atoms with Crippen LogP contribution in [0.2, 0.25) is 0 Å². The van der Waals surface area contributed by atoms with Crippen molar-refractivity contribution in [2.75, 3.05) is 19.8 Å². The van der Waals surface area contributed by atoms with Crippen molar-refractivity contribution in [3.63, 3.8) is 0 Å². The van der Waals surface area contributed by atoms with Gasteiger partial charge < -0.3 is 15.0 Å². The van der Waals surface area contributed by atoms with E-state index in [-0.39, 0.29) is 23.9 Å². The molecule has 0 aliphatic carbocycles. The molecule has 0 aromatic heterocycles. The van der Waals surface area contributed by atoms with Crippen molar-refractivity contribution >= 4 is 11.8 Å². The Morgan fingerprint density at radius 2 is 2.00 bits per heavy atom. The van der Waals surface area contributed by atoms with E-state index in [9.17, 15) is 9.59 Å². The van der Waals surface area contributed by atoms with Gasteiger partial charge in [0, 0.05) is 32.2 Å². The highest BCUT2D eigenvalue weighted by atomic mass is 16.5. The lowest BCUT2D eigenvalue weighted by molar-refractivity contribution is -0.136. The molecule has 0 aromatic carbocycles. The third kappa shape index (κ3) is 3.72. The molecule has 2 atom stereocenters. The highest BCUT2D eigenvalue weighted by molar-refractivity contribution is 5.90. The monoisotopic (exact) mass is 282 g/mol. The molecule has 2 unspecified atom stereocenters.